The molecule has 0 saturated carbocycles. The molecule has 1 aliphatic heterocycles. The second-order valence-electron chi connectivity index (χ2n) is 7.87. The van der Waals surface area contributed by atoms with E-state index in [1.807, 2.05) is 84.1 Å². The van der Waals surface area contributed by atoms with Gasteiger partial charge in [0, 0.05) is 26.2 Å². The summed E-state index contributed by atoms with van der Waals surface area (Å²) in [6, 6.07) is 19.6. The van der Waals surface area contributed by atoms with E-state index < -0.39 is 6.10 Å². The number of aromatic nitrogens is 3. The van der Waals surface area contributed by atoms with Gasteiger partial charge < -0.3 is 14.5 Å². The van der Waals surface area contributed by atoms with Crippen molar-refractivity contribution >= 4 is 32.7 Å². The van der Waals surface area contributed by atoms with Gasteiger partial charge >= 0.3 is 0 Å². The SMILES string of the molecule is Cc1nn(-c2ccccc2)c2nc(N3CCN(C(=O)C(C)Oc4ccccc4)CC3)sc12. The Morgan fingerprint density at radius 3 is 2.34 bits per heavy atom. The molecule has 4 aromatic rings. The van der Waals surface area contributed by atoms with Gasteiger partial charge in [0.1, 0.15) is 5.75 Å². The summed E-state index contributed by atoms with van der Waals surface area (Å²) >= 11 is 1.67. The molecular weight excluding hydrogens is 422 g/mol. The van der Waals surface area contributed by atoms with E-state index in [0.29, 0.717) is 18.8 Å². The van der Waals surface area contributed by atoms with Gasteiger partial charge in [-0.3, -0.25) is 4.79 Å². The van der Waals surface area contributed by atoms with Crippen LogP contribution >= 0.6 is 11.3 Å². The van der Waals surface area contributed by atoms with Gasteiger partial charge in [-0.25, -0.2) is 4.68 Å². The lowest BCUT2D eigenvalue weighted by Gasteiger charge is -2.35. The highest BCUT2D eigenvalue weighted by molar-refractivity contribution is 7.22. The molecular formula is C24H25N5O2S. The Labute approximate surface area is 190 Å². The Morgan fingerprint density at radius 1 is 1.00 bits per heavy atom. The number of anilines is 1. The highest BCUT2D eigenvalue weighted by atomic mass is 32.1. The van der Waals surface area contributed by atoms with Crippen molar-refractivity contribution in [1.29, 1.82) is 0 Å². The van der Waals surface area contributed by atoms with Crippen LogP contribution in [-0.4, -0.2) is 57.9 Å². The summed E-state index contributed by atoms with van der Waals surface area (Å²) in [4.78, 5) is 21.9. The minimum Gasteiger partial charge on any atom is -0.481 e. The number of aryl methyl sites for hydroxylation is 1. The minimum atomic E-state index is -0.508. The summed E-state index contributed by atoms with van der Waals surface area (Å²) < 4.78 is 8.83. The van der Waals surface area contributed by atoms with Gasteiger partial charge in [0.05, 0.1) is 16.1 Å². The van der Waals surface area contributed by atoms with E-state index in [9.17, 15) is 4.79 Å². The third-order valence-electron chi connectivity index (χ3n) is 5.64. The lowest BCUT2D eigenvalue weighted by molar-refractivity contribution is -0.138. The van der Waals surface area contributed by atoms with Crippen LogP contribution in [0.15, 0.2) is 60.7 Å². The zero-order valence-corrected chi connectivity index (χ0v) is 19.0. The first kappa shape index (κ1) is 20.5. The number of rotatable bonds is 5. The first-order chi connectivity index (χ1) is 15.6. The molecule has 164 valence electrons. The molecule has 32 heavy (non-hydrogen) atoms. The van der Waals surface area contributed by atoms with Crippen LogP contribution in [0.2, 0.25) is 0 Å². The Bertz CT molecular complexity index is 1210. The standard InChI is InChI=1S/C24H25N5O2S/c1-17-21-22(29(26-17)19-9-5-3-6-10-19)25-24(32-21)28-15-13-27(14-16-28)23(30)18(2)31-20-11-7-4-8-12-20/h3-12,18H,13-16H2,1-2H3. The quantitative estimate of drug-likeness (QED) is 0.464. The van der Waals surface area contributed by atoms with Crippen molar-refractivity contribution in [2.24, 2.45) is 0 Å². The molecule has 7 nitrogen and oxygen atoms in total. The lowest BCUT2D eigenvalue weighted by Crippen LogP contribution is -2.52. The molecule has 1 atom stereocenters. The van der Waals surface area contributed by atoms with Crippen molar-refractivity contribution in [3.05, 3.63) is 66.4 Å². The molecule has 2 aromatic heterocycles. The number of carbonyl (C=O) groups excluding carboxylic acids is 1. The van der Waals surface area contributed by atoms with Gasteiger partial charge in [-0.15, -0.1) is 0 Å². The molecule has 1 aliphatic rings. The smallest absolute Gasteiger partial charge is 0.263 e. The van der Waals surface area contributed by atoms with Crippen LogP contribution in [0.5, 0.6) is 5.75 Å². The highest BCUT2D eigenvalue weighted by Gasteiger charge is 2.28. The van der Waals surface area contributed by atoms with Crippen molar-refractivity contribution in [2.75, 3.05) is 31.1 Å². The van der Waals surface area contributed by atoms with Gasteiger partial charge in [0.15, 0.2) is 16.9 Å². The summed E-state index contributed by atoms with van der Waals surface area (Å²) in [6.45, 7) is 6.64. The number of para-hydroxylation sites is 2. The monoisotopic (exact) mass is 447 g/mol. The fourth-order valence-electron chi connectivity index (χ4n) is 3.94. The van der Waals surface area contributed by atoms with Crippen molar-refractivity contribution in [1.82, 2.24) is 19.7 Å². The number of benzene rings is 2. The summed E-state index contributed by atoms with van der Waals surface area (Å²) in [5, 5.41) is 5.65. The first-order valence-corrected chi connectivity index (χ1v) is 11.6. The second-order valence-corrected chi connectivity index (χ2v) is 8.84. The number of thiazole rings is 1. The summed E-state index contributed by atoms with van der Waals surface area (Å²) in [5.41, 5.74) is 2.87. The van der Waals surface area contributed by atoms with Crippen LogP contribution in [0, 0.1) is 6.92 Å². The molecule has 0 aliphatic carbocycles. The molecule has 3 heterocycles. The Hall–Kier alpha value is -3.39. The summed E-state index contributed by atoms with van der Waals surface area (Å²) in [5.74, 6) is 0.734. The predicted octanol–water partition coefficient (Wildman–Crippen LogP) is 3.91. The number of hydrogen-bond acceptors (Lipinski definition) is 6. The van der Waals surface area contributed by atoms with Crippen LogP contribution in [-0.2, 0) is 4.79 Å². The van der Waals surface area contributed by atoms with Crippen molar-refractivity contribution in [3.63, 3.8) is 0 Å². The van der Waals surface area contributed by atoms with Crippen molar-refractivity contribution in [2.45, 2.75) is 20.0 Å². The second kappa shape index (κ2) is 8.63. The minimum absolute atomic E-state index is 0.0216. The van der Waals surface area contributed by atoms with E-state index in [4.69, 9.17) is 9.72 Å². The maximum Gasteiger partial charge on any atom is 0.263 e. The first-order valence-electron chi connectivity index (χ1n) is 10.8. The molecule has 1 fully saturated rings. The molecule has 8 heteroatoms. The van der Waals surface area contributed by atoms with Gasteiger partial charge in [0.25, 0.3) is 5.91 Å². The van der Waals surface area contributed by atoms with Crippen molar-refractivity contribution < 1.29 is 9.53 Å². The fraction of sp³-hybridized carbons (Fsp3) is 0.292. The third-order valence-corrected chi connectivity index (χ3v) is 6.86. The number of fused-ring (bicyclic) bond motifs is 1. The maximum absolute atomic E-state index is 12.8. The average molecular weight is 448 g/mol. The van der Waals surface area contributed by atoms with Gasteiger partial charge in [-0.2, -0.15) is 10.1 Å². The number of amides is 1. The molecule has 0 bridgehead atoms. The normalized spacial score (nSPS) is 15.2. The molecule has 0 spiro atoms. The Morgan fingerprint density at radius 2 is 1.66 bits per heavy atom. The largest absolute Gasteiger partial charge is 0.481 e. The highest BCUT2D eigenvalue weighted by Crippen LogP contribution is 2.33. The summed E-state index contributed by atoms with van der Waals surface area (Å²) in [7, 11) is 0. The van der Waals surface area contributed by atoms with E-state index in [1.54, 1.807) is 11.3 Å². The number of piperazine rings is 1. The van der Waals surface area contributed by atoms with Gasteiger partial charge in [-0.05, 0) is 38.1 Å². The molecule has 0 radical (unpaired) electrons. The van der Waals surface area contributed by atoms with Gasteiger partial charge in [-0.1, -0.05) is 47.7 Å². The summed E-state index contributed by atoms with van der Waals surface area (Å²) in [6.07, 6.45) is -0.508. The number of hydrogen-bond donors (Lipinski definition) is 0. The maximum atomic E-state index is 12.8. The molecule has 2 aromatic carbocycles. The topological polar surface area (TPSA) is 63.5 Å². The van der Waals surface area contributed by atoms with E-state index in [2.05, 4.69) is 10.00 Å². The number of nitrogens with zero attached hydrogens (tertiary/aromatic N) is 5. The zero-order valence-electron chi connectivity index (χ0n) is 18.1. The Kier molecular flexibility index (Phi) is 5.53. The van der Waals surface area contributed by atoms with Crippen LogP contribution in [0.3, 0.4) is 0 Å². The fourth-order valence-corrected chi connectivity index (χ4v) is 4.97. The van der Waals surface area contributed by atoms with Crippen molar-refractivity contribution in [3.8, 4) is 11.4 Å². The van der Waals surface area contributed by atoms with E-state index in [1.165, 1.54) is 0 Å². The zero-order chi connectivity index (χ0) is 22.1. The lowest BCUT2D eigenvalue weighted by atomic mass is 10.2. The molecule has 1 amide bonds. The third kappa shape index (κ3) is 3.93. The van der Waals surface area contributed by atoms with Crippen LogP contribution in [0.4, 0.5) is 5.13 Å². The molecule has 1 saturated heterocycles. The molecule has 0 N–H and O–H groups in total. The Balaban J connectivity index is 1.27. The molecule has 1 unspecified atom stereocenters. The number of ether oxygens (including phenoxy) is 1. The van der Waals surface area contributed by atoms with Crippen LogP contribution in [0.25, 0.3) is 16.0 Å². The predicted molar refractivity (Wildman–Crippen MR) is 127 cm³/mol. The van der Waals surface area contributed by atoms with E-state index in [-0.39, 0.29) is 5.91 Å². The van der Waals surface area contributed by atoms with E-state index in [0.717, 1.165) is 39.9 Å². The average Bonchev–Trinajstić information content (AvgIpc) is 3.40. The van der Waals surface area contributed by atoms with Crippen LogP contribution < -0.4 is 9.64 Å². The molecule has 5 rings (SSSR count). The van der Waals surface area contributed by atoms with Crippen LogP contribution in [0.1, 0.15) is 12.6 Å². The number of carbonyl (C=O) groups is 1. The van der Waals surface area contributed by atoms with E-state index >= 15 is 0 Å². The van der Waals surface area contributed by atoms with Gasteiger partial charge in [0.2, 0.25) is 0 Å².